The number of benzene rings is 1. The Morgan fingerprint density at radius 2 is 1.91 bits per heavy atom. The van der Waals surface area contributed by atoms with Crippen LogP contribution in [-0.4, -0.2) is 76.0 Å². The Labute approximate surface area is 197 Å². The average Bonchev–Trinajstić information content (AvgIpc) is 2.83. The highest BCUT2D eigenvalue weighted by atomic mass is 31.0. The van der Waals surface area contributed by atoms with Crippen LogP contribution in [0.1, 0.15) is 41.4 Å². The molecule has 2 aliphatic heterocycles. The van der Waals surface area contributed by atoms with Gasteiger partial charge >= 0.3 is 0 Å². The van der Waals surface area contributed by atoms with E-state index >= 15 is 0 Å². The van der Waals surface area contributed by atoms with Crippen molar-refractivity contribution in [3.63, 3.8) is 0 Å². The minimum atomic E-state index is -0.191. The summed E-state index contributed by atoms with van der Waals surface area (Å²) in [5, 5.41) is 6.39. The van der Waals surface area contributed by atoms with Crippen LogP contribution in [-0.2, 0) is 17.8 Å². The van der Waals surface area contributed by atoms with Crippen molar-refractivity contribution in [1.82, 2.24) is 25.1 Å². The Balaban J connectivity index is 1.23. The van der Waals surface area contributed by atoms with Gasteiger partial charge in [0.05, 0.1) is 0 Å². The Hall–Kier alpha value is -2.57. The Morgan fingerprint density at radius 3 is 2.67 bits per heavy atom. The quantitative estimate of drug-likeness (QED) is 0.604. The van der Waals surface area contributed by atoms with E-state index in [0.717, 1.165) is 52.0 Å². The van der Waals surface area contributed by atoms with Crippen molar-refractivity contribution in [2.75, 3.05) is 38.0 Å². The smallest absolute Gasteiger partial charge is 0.270 e. The van der Waals surface area contributed by atoms with Gasteiger partial charge in [0, 0.05) is 64.0 Å². The minimum Gasteiger partial charge on any atom is -0.367 e. The molecule has 0 spiro atoms. The number of carbonyl (C=O) groups is 2. The lowest BCUT2D eigenvalue weighted by atomic mass is 10.00. The summed E-state index contributed by atoms with van der Waals surface area (Å²) in [6.45, 7) is 6.57. The van der Waals surface area contributed by atoms with Gasteiger partial charge in [-0.3, -0.25) is 14.5 Å². The standard InChI is InChI=1S/C24H33N6O2P/c1-17(31)30-10-7-20(8-11-30)28-23-12-22(26-16-27-23)24(32)25-13-21(33)15-29-9-6-18-4-2-3-5-19(18)14-29/h2-5,12,16,20-21H,6-11,13-15,33H2,1H3,(H,25,32)(H,26,27,28). The molecule has 0 saturated carbocycles. The fourth-order valence-corrected chi connectivity index (χ4v) is 4.94. The lowest BCUT2D eigenvalue weighted by molar-refractivity contribution is -0.129. The summed E-state index contributed by atoms with van der Waals surface area (Å²) in [6.07, 6.45) is 4.22. The van der Waals surface area contributed by atoms with Crippen LogP contribution < -0.4 is 10.6 Å². The highest BCUT2D eigenvalue weighted by molar-refractivity contribution is 7.17. The molecule has 33 heavy (non-hydrogen) atoms. The van der Waals surface area contributed by atoms with Crippen LogP contribution in [0.2, 0.25) is 0 Å². The summed E-state index contributed by atoms with van der Waals surface area (Å²) in [4.78, 5) is 36.9. The highest BCUT2D eigenvalue weighted by Gasteiger charge is 2.22. The van der Waals surface area contributed by atoms with E-state index in [0.29, 0.717) is 18.1 Å². The summed E-state index contributed by atoms with van der Waals surface area (Å²) < 4.78 is 0. The van der Waals surface area contributed by atoms with Crippen LogP contribution in [0.5, 0.6) is 0 Å². The van der Waals surface area contributed by atoms with E-state index < -0.39 is 0 Å². The number of hydrogen-bond donors (Lipinski definition) is 2. The number of likely N-dealkylation sites (tertiary alicyclic amines) is 1. The first-order valence-corrected chi connectivity index (χ1v) is 12.3. The van der Waals surface area contributed by atoms with Crippen LogP contribution in [0.4, 0.5) is 5.82 Å². The second kappa shape index (κ2) is 11.0. The number of hydrogen-bond acceptors (Lipinski definition) is 6. The van der Waals surface area contributed by atoms with Gasteiger partial charge in [-0.25, -0.2) is 9.97 Å². The number of aromatic nitrogens is 2. The van der Waals surface area contributed by atoms with Crippen LogP contribution >= 0.6 is 9.24 Å². The molecule has 9 heteroatoms. The number of fused-ring (bicyclic) bond motifs is 1. The number of nitrogens with one attached hydrogen (secondary N) is 2. The average molecular weight is 469 g/mol. The van der Waals surface area contributed by atoms with Gasteiger partial charge in [0.15, 0.2) is 0 Å². The SMILES string of the molecule is CC(=O)N1CCC(Nc2cc(C(=O)NCC(P)CN3CCc4ccccc4C3)ncn2)CC1. The molecule has 1 saturated heterocycles. The molecule has 1 aromatic carbocycles. The van der Waals surface area contributed by atoms with E-state index in [2.05, 4.69) is 59.0 Å². The number of rotatable bonds is 7. The van der Waals surface area contributed by atoms with Crippen molar-refractivity contribution in [1.29, 1.82) is 0 Å². The fraction of sp³-hybridized carbons (Fsp3) is 0.500. The van der Waals surface area contributed by atoms with E-state index in [1.54, 1.807) is 13.0 Å². The summed E-state index contributed by atoms with van der Waals surface area (Å²) in [6, 6.07) is 10.6. The maximum atomic E-state index is 12.7. The monoisotopic (exact) mass is 468 g/mol. The molecular formula is C24H33N6O2P. The molecular weight excluding hydrogens is 435 g/mol. The van der Waals surface area contributed by atoms with E-state index in [4.69, 9.17) is 0 Å². The molecule has 2 aliphatic rings. The molecule has 176 valence electrons. The maximum absolute atomic E-state index is 12.7. The minimum absolute atomic E-state index is 0.118. The molecule has 2 aromatic rings. The number of anilines is 1. The van der Waals surface area contributed by atoms with Crippen LogP contribution in [0.15, 0.2) is 36.7 Å². The van der Waals surface area contributed by atoms with Crippen molar-refractivity contribution in [3.8, 4) is 0 Å². The summed E-state index contributed by atoms with van der Waals surface area (Å²) >= 11 is 0. The Morgan fingerprint density at radius 1 is 1.15 bits per heavy atom. The largest absolute Gasteiger partial charge is 0.367 e. The molecule has 1 fully saturated rings. The zero-order chi connectivity index (χ0) is 23.2. The molecule has 0 aliphatic carbocycles. The molecule has 2 N–H and O–H groups in total. The third-order valence-corrected chi connectivity index (χ3v) is 6.87. The molecule has 1 aromatic heterocycles. The van der Waals surface area contributed by atoms with Gasteiger partial charge in [-0.1, -0.05) is 24.3 Å². The number of nitrogens with zero attached hydrogens (tertiary/aromatic N) is 4. The van der Waals surface area contributed by atoms with Crippen LogP contribution in [0, 0.1) is 0 Å². The second-order valence-corrected chi connectivity index (χ2v) is 9.88. The lowest BCUT2D eigenvalue weighted by Gasteiger charge is -2.32. The lowest BCUT2D eigenvalue weighted by Crippen LogP contribution is -2.41. The van der Waals surface area contributed by atoms with Crippen molar-refractivity contribution >= 4 is 26.9 Å². The molecule has 0 radical (unpaired) electrons. The van der Waals surface area contributed by atoms with Crippen molar-refractivity contribution in [2.24, 2.45) is 0 Å². The van der Waals surface area contributed by atoms with Gasteiger partial charge in [-0.15, -0.1) is 9.24 Å². The first-order chi connectivity index (χ1) is 16.0. The van der Waals surface area contributed by atoms with Crippen molar-refractivity contribution in [3.05, 3.63) is 53.5 Å². The van der Waals surface area contributed by atoms with Gasteiger partial charge in [0.2, 0.25) is 5.91 Å². The summed E-state index contributed by atoms with van der Waals surface area (Å²) in [7, 11) is 2.86. The maximum Gasteiger partial charge on any atom is 0.270 e. The van der Waals surface area contributed by atoms with Gasteiger partial charge in [-0.2, -0.15) is 0 Å². The Kier molecular flexibility index (Phi) is 7.89. The molecule has 4 rings (SSSR count). The molecule has 2 atom stereocenters. The zero-order valence-corrected chi connectivity index (χ0v) is 20.3. The normalized spacial score (nSPS) is 17.8. The predicted molar refractivity (Wildman–Crippen MR) is 132 cm³/mol. The van der Waals surface area contributed by atoms with E-state index in [9.17, 15) is 9.59 Å². The predicted octanol–water partition coefficient (Wildman–Crippen LogP) is 1.93. The second-order valence-electron chi connectivity index (χ2n) is 8.94. The van der Waals surface area contributed by atoms with Crippen LogP contribution in [0.25, 0.3) is 0 Å². The molecule has 0 bridgehead atoms. The number of amides is 2. The molecule has 2 unspecified atom stereocenters. The highest BCUT2D eigenvalue weighted by Crippen LogP contribution is 2.19. The molecule has 2 amide bonds. The van der Waals surface area contributed by atoms with E-state index in [1.807, 2.05) is 4.90 Å². The summed E-state index contributed by atoms with van der Waals surface area (Å²) in [5.74, 6) is 0.570. The fourth-order valence-electron chi connectivity index (χ4n) is 4.53. The first kappa shape index (κ1) is 23.6. The van der Waals surface area contributed by atoms with Gasteiger partial charge in [0.1, 0.15) is 17.8 Å². The van der Waals surface area contributed by atoms with Crippen molar-refractivity contribution in [2.45, 2.75) is 44.4 Å². The van der Waals surface area contributed by atoms with Gasteiger partial charge < -0.3 is 15.5 Å². The summed E-state index contributed by atoms with van der Waals surface area (Å²) in [5.41, 5.74) is 3.46. The molecule has 8 nitrogen and oxygen atoms in total. The number of carbonyl (C=O) groups excluding carboxylic acids is 2. The van der Waals surface area contributed by atoms with Gasteiger partial charge in [0.25, 0.3) is 5.91 Å². The Bertz CT molecular complexity index is 979. The third-order valence-electron chi connectivity index (χ3n) is 6.42. The van der Waals surface area contributed by atoms with E-state index in [-0.39, 0.29) is 23.5 Å². The van der Waals surface area contributed by atoms with Crippen molar-refractivity contribution < 1.29 is 9.59 Å². The zero-order valence-electron chi connectivity index (χ0n) is 19.2. The number of piperidine rings is 1. The van der Waals surface area contributed by atoms with Gasteiger partial charge in [-0.05, 0) is 30.4 Å². The third kappa shape index (κ3) is 6.49. The van der Waals surface area contributed by atoms with E-state index in [1.165, 1.54) is 17.5 Å². The topological polar surface area (TPSA) is 90.5 Å². The van der Waals surface area contributed by atoms with Crippen LogP contribution in [0.3, 0.4) is 0 Å². The first-order valence-electron chi connectivity index (χ1n) is 11.6. The molecule has 3 heterocycles.